The van der Waals surface area contributed by atoms with Crippen LogP contribution in [0.3, 0.4) is 0 Å². The predicted molar refractivity (Wildman–Crippen MR) is 64.8 cm³/mol. The number of methoxy groups -OCH3 is 2. The van der Waals surface area contributed by atoms with Gasteiger partial charge in [-0.2, -0.15) is 0 Å². The number of furan rings is 1. The Morgan fingerprint density at radius 3 is 2.95 bits per heavy atom. The first kappa shape index (κ1) is 13.3. The SMILES string of the molecule is COCCc1c(C(=O)OC)nnn1Cc1ccoc1. The number of hydrogen-bond donors (Lipinski definition) is 0. The lowest BCUT2D eigenvalue weighted by Crippen LogP contribution is -2.12. The Morgan fingerprint density at radius 2 is 2.32 bits per heavy atom. The number of carbonyl (C=O) groups excluding carboxylic acids is 1. The molecule has 0 unspecified atom stereocenters. The van der Waals surface area contributed by atoms with E-state index >= 15 is 0 Å². The number of aromatic nitrogens is 3. The molecule has 2 heterocycles. The average Bonchev–Trinajstić information content (AvgIpc) is 3.06. The highest BCUT2D eigenvalue weighted by atomic mass is 16.5. The molecule has 0 atom stereocenters. The maximum atomic E-state index is 11.6. The van der Waals surface area contributed by atoms with Crippen molar-refractivity contribution in [2.45, 2.75) is 13.0 Å². The Morgan fingerprint density at radius 1 is 1.47 bits per heavy atom. The van der Waals surface area contributed by atoms with Gasteiger partial charge < -0.3 is 13.9 Å². The minimum absolute atomic E-state index is 0.225. The lowest BCUT2D eigenvalue weighted by molar-refractivity contribution is 0.0592. The number of ether oxygens (including phenoxy) is 2. The summed E-state index contributed by atoms with van der Waals surface area (Å²) in [5.74, 6) is -0.496. The maximum Gasteiger partial charge on any atom is 0.360 e. The number of esters is 1. The van der Waals surface area contributed by atoms with E-state index in [4.69, 9.17) is 13.9 Å². The lowest BCUT2D eigenvalue weighted by Gasteiger charge is -2.05. The second kappa shape index (κ2) is 6.14. The lowest BCUT2D eigenvalue weighted by atomic mass is 10.2. The van der Waals surface area contributed by atoms with Crippen molar-refractivity contribution in [3.63, 3.8) is 0 Å². The third-order valence-electron chi connectivity index (χ3n) is 2.67. The molecule has 0 bridgehead atoms. The third-order valence-corrected chi connectivity index (χ3v) is 2.67. The molecule has 2 aromatic rings. The molecule has 0 aliphatic carbocycles. The van der Waals surface area contributed by atoms with Crippen LogP contribution in [0.25, 0.3) is 0 Å². The summed E-state index contributed by atoms with van der Waals surface area (Å²) in [6, 6.07) is 1.83. The molecular weight excluding hydrogens is 250 g/mol. The van der Waals surface area contributed by atoms with Gasteiger partial charge in [-0.3, -0.25) is 0 Å². The summed E-state index contributed by atoms with van der Waals surface area (Å²) in [5.41, 5.74) is 1.86. The smallest absolute Gasteiger partial charge is 0.360 e. The summed E-state index contributed by atoms with van der Waals surface area (Å²) < 4.78 is 16.4. The quantitative estimate of drug-likeness (QED) is 0.722. The van der Waals surface area contributed by atoms with E-state index in [0.717, 1.165) is 5.56 Å². The normalized spacial score (nSPS) is 10.6. The molecule has 19 heavy (non-hydrogen) atoms. The van der Waals surface area contributed by atoms with E-state index in [1.54, 1.807) is 24.3 Å². The van der Waals surface area contributed by atoms with Gasteiger partial charge >= 0.3 is 5.97 Å². The fraction of sp³-hybridized carbons (Fsp3) is 0.417. The van der Waals surface area contributed by atoms with Crippen LogP contribution in [0.5, 0.6) is 0 Å². The summed E-state index contributed by atoms with van der Waals surface area (Å²) in [4.78, 5) is 11.6. The van der Waals surface area contributed by atoms with Crippen molar-refractivity contribution >= 4 is 5.97 Å². The molecular formula is C12H15N3O4. The number of rotatable bonds is 6. The minimum Gasteiger partial charge on any atom is -0.472 e. The van der Waals surface area contributed by atoms with Gasteiger partial charge in [0.1, 0.15) is 0 Å². The Hall–Kier alpha value is -2.15. The molecule has 0 saturated heterocycles. The van der Waals surface area contributed by atoms with Crippen LogP contribution in [0, 0.1) is 0 Å². The van der Waals surface area contributed by atoms with Crippen molar-refractivity contribution in [3.8, 4) is 0 Å². The second-order valence-corrected chi connectivity index (χ2v) is 3.91. The summed E-state index contributed by atoms with van der Waals surface area (Å²) in [7, 11) is 2.92. The van der Waals surface area contributed by atoms with Crippen LogP contribution in [0.4, 0.5) is 0 Å². The van der Waals surface area contributed by atoms with Crippen molar-refractivity contribution in [2.24, 2.45) is 0 Å². The largest absolute Gasteiger partial charge is 0.472 e. The first-order chi connectivity index (χ1) is 9.26. The van der Waals surface area contributed by atoms with Crippen LogP contribution in [-0.2, 0) is 22.4 Å². The van der Waals surface area contributed by atoms with Crippen molar-refractivity contribution in [1.82, 2.24) is 15.0 Å². The monoisotopic (exact) mass is 265 g/mol. The molecule has 7 nitrogen and oxygen atoms in total. The molecule has 0 aromatic carbocycles. The molecule has 2 rings (SSSR count). The minimum atomic E-state index is -0.496. The highest BCUT2D eigenvalue weighted by Gasteiger charge is 2.20. The van der Waals surface area contributed by atoms with Crippen LogP contribution in [-0.4, -0.2) is 41.8 Å². The van der Waals surface area contributed by atoms with Crippen molar-refractivity contribution in [1.29, 1.82) is 0 Å². The Balaban J connectivity index is 2.26. The van der Waals surface area contributed by atoms with E-state index in [2.05, 4.69) is 10.3 Å². The van der Waals surface area contributed by atoms with Gasteiger partial charge in [0.15, 0.2) is 5.69 Å². The Bertz CT molecular complexity index is 533. The van der Waals surface area contributed by atoms with Gasteiger partial charge in [0.2, 0.25) is 0 Å². The summed E-state index contributed by atoms with van der Waals surface area (Å²) >= 11 is 0. The Labute approximate surface area is 110 Å². The molecule has 102 valence electrons. The van der Waals surface area contributed by atoms with Crippen LogP contribution in [0.2, 0.25) is 0 Å². The van der Waals surface area contributed by atoms with E-state index in [1.165, 1.54) is 7.11 Å². The standard InChI is InChI=1S/C12H15N3O4/c1-17-5-4-10-11(12(16)18-2)13-14-15(10)7-9-3-6-19-8-9/h3,6,8H,4-5,7H2,1-2H3. The van der Waals surface area contributed by atoms with Crippen LogP contribution < -0.4 is 0 Å². The first-order valence-corrected chi connectivity index (χ1v) is 5.77. The fourth-order valence-electron chi connectivity index (χ4n) is 1.72. The van der Waals surface area contributed by atoms with Gasteiger partial charge in [0.05, 0.1) is 38.5 Å². The topological polar surface area (TPSA) is 79.4 Å². The second-order valence-electron chi connectivity index (χ2n) is 3.91. The molecule has 0 N–H and O–H groups in total. The van der Waals surface area contributed by atoms with Gasteiger partial charge in [-0.25, -0.2) is 9.48 Å². The van der Waals surface area contributed by atoms with Gasteiger partial charge in [-0.05, 0) is 6.07 Å². The molecule has 0 saturated carbocycles. The van der Waals surface area contributed by atoms with E-state index in [1.807, 2.05) is 6.07 Å². The summed E-state index contributed by atoms with van der Waals surface area (Å²) in [6.07, 6.45) is 3.74. The zero-order chi connectivity index (χ0) is 13.7. The maximum absolute atomic E-state index is 11.6. The molecule has 2 aromatic heterocycles. The molecule has 0 amide bonds. The first-order valence-electron chi connectivity index (χ1n) is 5.77. The summed E-state index contributed by atoms with van der Waals surface area (Å²) in [5, 5.41) is 7.85. The molecule has 0 radical (unpaired) electrons. The van der Waals surface area contributed by atoms with Crippen molar-refractivity contribution in [2.75, 3.05) is 20.8 Å². The zero-order valence-electron chi connectivity index (χ0n) is 10.8. The van der Waals surface area contributed by atoms with Gasteiger partial charge in [-0.1, -0.05) is 5.21 Å². The molecule has 7 heteroatoms. The molecule has 0 aliphatic heterocycles. The van der Waals surface area contributed by atoms with E-state index in [0.29, 0.717) is 25.3 Å². The van der Waals surface area contributed by atoms with Gasteiger partial charge in [0.25, 0.3) is 0 Å². The van der Waals surface area contributed by atoms with Crippen molar-refractivity contribution in [3.05, 3.63) is 35.5 Å². The average molecular weight is 265 g/mol. The molecule has 0 spiro atoms. The fourth-order valence-corrected chi connectivity index (χ4v) is 1.72. The molecule has 0 aliphatic rings. The predicted octanol–water partition coefficient (Wildman–Crippen LogP) is 0.895. The van der Waals surface area contributed by atoms with Crippen molar-refractivity contribution < 1.29 is 18.7 Å². The third kappa shape index (κ3) is 3.00. The van der Waals surface area contributed by atoms with Crippen LogP contribution in [0.1, 0.15) is 21.7 Å². The number of carbonyl (C=O) groups is 1. The van der Waals surface area contributed by atoms with E-state index in [-0.39, 0.29) is 5.69 Å². The molecule has 0 fully saturated rings. The van der Waals surface area contributed by atoms with Gasteiger partial charge in [0, 0.05) is 19.1 Å². The van der Waals surface area contributed by atoms with Gasteiger partial charge in [-0.15, -0.1) is 5.10 Å². The van der Waals surface area contributed by atoms with E-state index in [9.17, 15) is 4.79 Å². The van der Waals surface area contributed by atoms with Crippen LogP contribution >= 0.6 is 0 Å². The van der Waals surface area contributed by atoms with E-state index < -0.39 is 5.97 Å². The number of nitrogens with zero attached hydrogens (tertiary/aromatic N) is 3. The number of hydrogen-bond acceptors (Lipinski definition) is 6. The zero-order valence-corrected chi connectivity index (χ0v) is 10.8. The highest BCUT2D eigenvalue weighted by molar-refractivity contribution is 5.88. The van der Waals surface area contributed by atoms with Crippen LogP contribution in [0.15, 0.2) is 23.0 Å². The summed E-state index contributed by atoms with van der Waals surface area (Å²) in [6.45, 7) is 0.961. The Kier molecular flexibility index (Phi) is 4.30. The highest BCUT2D eigenvalue weighted by Crippen LogP contribution is 2.11.